The lowest BCUT2D eigenvalue weighted by Crippen LogP contribution is -2.49. The summed E-state index contributed by atoms with van der Waals surface area (Å²) in [5.74, 6) is -0.445. The Morgan fingerprint density at radius 3 is 2.26 bits per heavy atom. The maximum absolute atomic E-state index is 12.6. The second kappa shape index (κ2) is 8.65. The lowest BCUT2D eigenvalue weighted by Gasteiger charge is -2.22. The number of amides is 2. The van der Waals surface area contributed by atoms with Crippen molar-refractivity contribution >= 4 is 23.2 Å². The number of aryl methyl sites for hydroxylation is 1. The number of carbonyl (C=O) groups is 2. The minimum Gasteiger partial charge on any atom is -0.349 e. The van der Waals surface area contributed by atoms with Crippen LogP contribution in [0.2, 0.25) is 0 Å². The van der Waals surface area contributed by atoms with E-state index in [1.807, 2.05) is 45.0 Å². The van der Waals surface area contributed by atoms with Crippen LogP contribution in [-0.4, -0.2) is 22.8 Å². The van der Waals surface area contributed by atoms with Gasteiger partial charge in [-0.1, -0.05) is 46.8 Å². The highest BCUT2D eigenvalue weighted by molar-refractivity contribution is 7.11. The monoisotopic (exact) mass is 387 g/mol. The first-order valence-electron chi connectivity index (χ1n) is 9.18. The van der Waals surface area contributed by atoms with Crippen LogP contribution >= 0.6 is 11.3 Å². The van der Waals surface area contributed by atoms with Crippen molar-refractivity contribution in [1.29, 1.82) is 0 Å². The third-order valence-electron chi connectivity index (χ3n) is 4.35. The number of carbonyl (C=O) groups excluding carboxylic acids is 2. The summed E-state index contributed by atoms with van der Waals surface area (Å²) in [6, 6.07) is 6.96. The molecule has 2 N–H and O–H groups in total. The van der Waals surface area contributed by atoms with Gasteiger partial charge in [-0.2, -0.15) is 0 Å². The first kappa shape index (κ1) is 21.1. The quantitative estimate of drug-likeness (QED) is 0.791. The second-order valence-electron chi connectivity index (χ2n) is 8.09. The number of hydrogen-bond donors (Lipinski definition) is 2. The second-order valence-corrected chi connectivity index (χ2v) is 9.41. The predicted octanol–water partition coefficient (Wildman–Crippen LogP) is 3.82. The Labute approximate surface area is 165 Å². The molecule has 0 spiro atoms. The first-order valence-corrected chi connectivity index (χ1v) is 10.00. The summed E-state index contributed by atoms with van der Waals surface area (Å²) < 4.78 is 0. The minimum absolute atomic E-state index is 0.0222. The maximum atomic E-state index is 12.6. The fourth-order valence-corrected chi connectivity index (χ4v) is 3.39. The molecule has 0 saturated heterocycles. The summed E-state index contributed by atoms with van der Waals surface area (Å²) in [5, 5.41) is 6.73. The SMILES string of the molecule is Cc1ncc(CNC(=O)C(NC(=O)c2ccc(C(C)(C)C)cc2)C(C)C)s1. The molecule has 2 amide bonds. The van der Waals surface area contributed by atoms with E-state index in [1.54, 1.807) is 17.5 Å². The van der Waals surface area contributed by atoms with E-state index in [0.29, 0.717) is 12.1 Å². The van der Waals surface area contributed by atoms with Crippen molar-refractivity contribution in [2.45, 2.75) is 59.5 Å². The largest absolute Gasteiger partial charge is 0.349 e. The van der Waals surface area contributed by atoms with Crippen LogP contribution in [0.25, 0.3) is 0 Å². The van der Waals surface area contributed by atoms with Gasteiger partial charge in [-0.3, -0.25) is 9.59 Å². The number of aromatic nitrogens is 1. The van der Waals surface area contributed by atoms with Gasteiger partial charge < -0.3 is 10.6 Å². The first-order chi connectivity index (χ1) is 12.6. The number of rotatable bonds is 6. The van der Waals surface area contributed by atoms with Crippen LogP contribution in [0.5, 0.6) is 0 Å². The Kier molecular flexibility index (Phi) is 6.76. The molecule has 1 aromatic carbocycles. The van der Waals surface area contributed by atoms with Gasteiger partial charge in [-0.15, -0.1) is 11.3 Å². The fraction of sp³-hybridized carbons (Fsp3) is 0.476. The van der Waals surface area contributed by atoms with E-state index in [1.165, 1.54) is 0 Å². The molecule has 27 heavy (non-hydrogen) atoms. The maximum Gasteiger partial charge on any atom is 0.251 e. The Morgan fingerprint density at radius 1 is 1.15 bits per heavy atom. The average molecular weight is 388 g/mol. The Balaban J connectivity index is 2.01. The van der Waals surface area contributed by atoms with Gasteiger partial charge in [0.2, 0.25) is 5.91 Å². The summed E-state index contributed by atoms with van der Waals surface area (Å²) in [6.45, 7) is 12.6. The van der Waals surface area contributed by atoms with E-state index in [0.717, 1.165) is 15.4 Å². The lowest BCUT2D eigenvalue weighted by molar-refractivity contribution is -0.124. The molecule has 0 radical (unpaired) electrons. The zero-order valence-electron chi connectivity index (χ0n) is 16.9. The van der Waals surface area contributed by atoms with Gasteiger partial charge in [-0.05, 0) is 36.0 Å². The van der Waals surface area contributed by atoms with Crippen LogP contribution in [0, 0.1) is 12.8 Å². The molecule has 2 aromatic rings. The van der Waals surface area contributed by atoms with Crippen LogP contribution in [0.15, 0.2) is 30.5 Å². The van der Waals surface area contributed by atoms with E-state index in [2.05, 4.69) is 36.4 Å². The molecule has 1 aromatic heterocycles. The molecule has 1 atom stereocenters. The van der Waals surface area contributed by atoms with E-state index in [9.17, 15) is 9.59 Å². The van der Waals surface area contributed by atoms with Crippen LogP contribution in [0.4, 0.5) is 0 Å². The van der Waals surface area contributed by atoms with Gasteiger partial charge >= 0.3 is 0 Å². The van der Waals surface area contributed by atoms with Crippen molar-refractivity contribution in [2.75, 3.05) is 0 Å². The van der Waals surface area contributed by atoms with Crippen LogP contribution in [-0.2, 0) is 16.8 Å². The zero-order chi connectivity index (χ0) is 20.2. The molecular weight excluding hydrogens is 358 g/mol. The smallest absolute Gasteiger partial charge is 0.251 e. The van der Waals surface area contributed by atoms with E-state index >= 15 is 0 Å². The third-order valence-corrected chi connectivity index (χ3v) is 5.27. The molecule has 0 aliphatic heterocycles. The van der Waals surface area contributed by atoms with Crippen molar-refractivity contribution in [2.24, 2.45) is 5.92 Å². The number of benzene rings is 1. The van der Waals surface area contributed by atoms with Gasteiger partial charge in [0.15, 0.2) is 0 Å². The predicted molar refractivity (Wildman–Crippen MR) is 110 cm³/mol. The van der Waals surface area contributed by atoms with Gasteiger partial charge in [-0.25, -0.2) is 4.98 Å². The third kappa shape index (κ3) is 5.89. The molecule has 6 heteroatoms. The molecule has 2 rings (SSSR count). The number of nitrogens with zero attached hydrogens (tertiary/aromatic N) is 1. The van der Waals surface area contributed by atoms with Crippen LogP contribution in [0.1, 0.15) is 60.4 Å². The number of nitrogens with one attached hydrogen (secondary N) is 2. The molecule has 146 valence electrons. The van der Waals surface area contributed by atoms with Crippen molar-refractivity contribution in [3.63, 3.8) is 0 Å². The van der Waals surface area contributed by atoms with Gasteiger partial charge in [0.25, 0.3) is 5.91 Å². The molecule has 5 nitrogen and oxygen atoms in total. The van der Waals surface area contributed by atoms with Crippen molar-refractivity contribution < 1.29 is 9.59 Å². The van der Waals surface area contributed by atoms with E-state index < -0.39 is 6.04 Å². The Hall–Kier alpha value is -2.21. The average Bonchev–Trinajstić information content (AvgIpc) is 3.01. The molecule has 1 heterocycles. The molecule has 0 aliphatic carbocycles. The van der Waals surface area contributed by atoms with Crippen molar-refractivity contribution in [3.05, 3.63) is 51.5 Å². The fourth-order valence-electron chi connectivity index (χ4n) is 2.65. The minimum atomic E-state index is -0.589. The summed E-state index contributed by atoms with van der Waals surface area (Å²) in [4.78, 5) is 30.4. The standard InChI is InChI=1S/C21H29N3O2S/c1-13(2)18(20(26)23-12-17-11-22-14(3)27-17)24-19(25)15-7-9-16(10-8-15)21(4,5)6/h7-11,13,18H,12H2,1-6H3,(H,23,26)(H,24,25). The molecule has 0 bridgehead atoms. The summed E-state index contributed by atoms with van der Waals surface area (Å²) in [7, 11) is 0. The Morgan fingerprint density at radius 2 is 1.78 bits per heavy atom. The van der Waals surface area contributed by atoms with Crippen molar-refractivity contribution in [1.82, 2.24) is 15.6 Å². The lowest BCUT2D eigenvalue weighted by atomic mass is 9.86. The van der Waals surface area contributed by atoms with E-state index in [4.69, 9.17) is 0 Å². The topological polar surface area (TPSA) is 71.1 Å². The van der Waals surface area contributed by atoms with Crippen LogP contribution < -0.4 is 10.6 Å². The van der Waals surface area contributed by atoms with Gasteiger partial charge in [0.1, 0.15) is 6.04 Å². The van der Waals surface area contributed by atoms with Gasteiger partial charge in [0.05, 0.1) is 11.6 Å². The van der Waals surface area contributed by atoms with E-state index in [-0.39, 0.29) is 23.1 Å². The normalized spacial score (nSPS) is 12.7. The Bertz CT molecular complexity index is 789. The van der Waals surface area contributed by atoms with Crippen LogP contribution in [0.3, 0.4) is 0 Å². The molecule has 1 unspecified atom stereocenters. The zero-order valence-corrected chi connectivity index (χ0v) is 17.7. The number of hydrogen-bond acceptors (Lipinski definition) is 4. The molecule has 0 saturated carbocycles. The molecule has 0 aliphatic rings. The highest BCUT2D eigenvalue weighted by Gasteiger charge is 2.25. The molecule has 0 fully saturated rings. The highest BCUT2D eigenvalue weighted by atomic mass is 32.1. The summed E-state index contributed by atoms with van der Waals surface area (Å²) in [6.07, 6.45) is 1.76. The van der Waals surface area contributed by atoms with Gasteiger partial charge in [0, 0.05) is 16.6 Å². The van der Waals surface area contributed by atoms with Crippen molar-refractivity contribution in [3.8, 4) is 0 Å². The molecular formula is C21H29N3O2S. The summed E-state index contributed by atoms with van der Waals surface area (Å²) in [5.41, 5.74) is 1.75. The summed E-state index contributed by atoms with van der Waals surface area (Å²) >= 11 is 1.55. The highest BCUT2D eigenvalue weighted by Crippen LogP contribution is 2.22. The number of thiazole rings is 1.